The summed E-state index contributed by atoms with van der Waals surface area (Å²) in [5.74, 6) is 3.25. The number of anilines is 1. The number of hydrogen-bond acceptors (Lipinski definition) is 6. The lowest BCUT2D eigenvalue weighted by molar-refractivity contribution is 0.0984. The number of halogens is 1. The Labute approximate surface area is 258 Å². The van der Waals surface area contributed by atoms with Crippen molar-refractivity contribution in [3.8, 4) is 17.2 Å². The van der Waals surface area contributed by atoms with Crippen LogP contribution in [-0.4, -0.2) is 82.4 Å². The van der Waals surface area contributed by atoms with Crippen molar-refractivity contribution in [2.75, 3.05) is 62.2 Å². The maximum Gasteiger partial charge on any atom is 0.274 e. The van der Waals surface area contributed by atoms with Crippen molar-refractivity contribution in [1.82, 2.24) is 9.88 Å². The summed E-state index contributed by atoms with van der Waals surface area (Å²) in [6.07, 6.45) is 3.31. The van der Waals surface area contributed by atoms with E-state index >= 15 is 0 Å². The van der Waals surface area contributed by atoms with Gasteiger partial charge in [-0.25, -0.2) is 0 Å². The lowest BCUT2D eigenvalue weighted by Gasteiger charge is -2.38. The Morgan fingerprint density at radius 1 is 1.12 bits per heavy atom. The summed E-state index contributed by atoms with van der Waals surface area (Å²) >= 11 is 6.38. The standard InChI is InChI=1S/C33H36ClN3O5S/c1-41-29-16-25-21(15-30(29)42-12-11-36-9-6-33(7-10-36)8-13-43(40)20-33)14-26(35-25)32(39)37-19-22(18-34)31-24-5-3-2-4-23(24)28(38)17-27(31)37/h2-5,14-17,22,35,38H,6-13,18-20H2,1H3/t22-,43?/m1/s1. The van der Waals surface area contributed by atoms with Crippen molar-refractivity contribution in [3.05, 3.63) is 59.8 Å². The summed E-state index contributed by atoms with van der Waals surface area (Å²) < 4.78 is 23.8. The maximum atomic E-state index is 13.9. The van der Waals surface area contributed by atoms with Crippen LogP contribution in [0.3, 0.4) is 0 Å². The average molecular weight is 622 g/mol. The Kier molecular flexibility index (Phi) is 7.51. The van der Waals surface area contributed by atoms with E-state index in [2.05, 4.69) is 9.88 Å². The number of nitrogens with one attached hydrogen (secondary N) is 1. The first-order chi connectivity index (χ1) is 20.9. The number of benzene rings is 3. The first-order valence-corrected chi connectivity index (χ1v) is 16.9. The smallest absolute Gasteiger partial charge is 0.274 e. The molecule has 2 saturated heterocycles. The number of methoxy groups -OCH3 is 1. The number of rotatable bonds is 7. The molecular formula is C33H36ClN3O5S. The summed E-state index contributed by atoms with van der Waals surface area (Å²) in [6, 6.07) is 15.0. The van der Waals surface area contributed by atoms with E-state index < -0.39 is 10.8 Å². The number of aromatic hydroxyl groups is 1. The Bertz CT molecular complexity index is 1730. The van der Waals surface area contributed by atoms with Crippen LogP contribution in [0.1, 0.15) is 41.2 Å². The van der Waals surface area contributed by atoms with Crippen LogP contribution in [-0.2, 0) is 10.8 Å². The first-order valence-electron chi connectivity index (χ1n) is 14.9. The molecule has 226 valence electrons. The van der Waals surface area contributed by atoms with Gasteiger partial charge in [-0.1, -0.05) is 24.3 Å². The molecule has 0 radical (unpaired) electrons. The highest BCUT2D eigenvalue weighted by atomic mass is 35.5. The molecule has 7 rings (SSSR count). The Balaban J connectivity index is 1.08. The number of H-pyrrole nitrogens is 1. The van der Waals surface area contributed by atoms with Gasteiger partial charge < -0.3 is 24.5 Å². The Hall–Kier alpha value is -3.27. The molecule has 1 amide bonds. The fraction of sp³-hybridized carbons (Fsp3) is 0.424. The first kappa shape index (κ1) is 28.5. The molecule has 2 atom stereocenters. The van der Waals surface area contributed by atoms with E-state index in [1.54, 1.807) is 18.1 Å². The number of ether oxygens (including phenoxy) is 2. The maximum absolute atomic E-state index is 13.9. The van der Waals surface area contributed by atoms with E-state index in [4.69, 9.17) is 21.1 Å². The van der Waals surface area contributed by atoms with E-state index in [0.29, 0.717) is 41.9 Å². The molecule has 4 heterocycles. The van der Waals surface area contributed by atoms with Gasteiger partial charge in [0.2, 0.25) is 0 Å². The van der Waals surface area contributed by atoms with Crippen LogP contribution < -0.4 is 14.4 Å². The topological polar surface area (TPSA) is 95.1 Å². The van der Waals surface area contributed by atoms with Gasteiger partial charge in [0.1, 0.15) is 18.1 Å². The molecule has 3 aromatic carbocycles. The van der Waals surface area contributed by atoms with Crippen molar-refractivity contribution in [3.63, 3.8) is 0 Å². The highest BCUT2D eigenvalue weighted by Crippen LogP contribution is 2.46. The summed E-state index contributed by atoms with van der Waals surface area (Å²) in [5, 5.41) is 13.3. The number of aromatic amines is 1. The van der Waals surface area contributed by atoms with Crippen LogP contribution in [0.4, 0.5) is 5.69 Å². The van der Waals surface area contributed by atoms with Gasteiger partial charge >= 0.3 is 0 Å². The number of piperidine rings is 1. The fourth-order valence-electron chi connectivity index (χ4n) is 7.16. The molecular weight excluding hydrogens is 586 g/mol. The number of phenols is 1. The second-order valence-electron chi connectivity index (χ2n) is 12.1. The van der Waals surface area contributed by atoms with Crippen LogP contribution >= 0.6 is 11.6 Å². The predicted octanol–water partition coefficient (Wildman–Crippen LogP) is 5.63. The average Bonchev–Trinajstić information content (AvgIpc) is 3.72. The Morgan fingerprint density at radius 2 is 1.91 bits per heavy atom. The number of carbonyl (C=O) groups excluding carboxylic acids is 1. The number of carbonyl (C=O) groups is 1. The van der Waals surface area contributed by atoms with Crippen LogP contribution in [0.5, 0.6) is 17.2 Å². The van der Waals surface area contributed by atoms with Gasteiger partial charge in [-0.3, -0.25) is 13.9 Å². The largest absolute Gasteiger partial charge is 0.507 e. The summed E-state index contributed by atoms with van der Waals surface area (Å²) in [4.78, 5) is 21.3. The molecule has 3 aliphatic heterocycles. The van der Waals surface area contributed by atoms with Crippen molar-refractivity contribution >= 4 is 55.7 Å². The minimum atomic E-state index is -0.636. The lowest BCUT2D eigenvalue weighted by atomic mass is 9.78. The third kappa shape index (κ3) is 5.15. The van der Waals surface area contributed by atoms with Crippen molar-refractivity contribution in [2.24, 2.45) is 5.41 Å². The highest BCUT2D eigenvalue weighted by Gasteiger charge is 2.40. The number of hydrogen-bond donors (Lipinski definition) is 2. The number of aromatic nitrogens is 1. The van der Waals surface area contributed by atoms with Gasteiger partial charge in [-0.2, -0.15) is 0 Å². The second-order valence-corrected chi connectivity index (χ2v) is 14.0. The number of phenolic OH excluding ortho intramolecular Hbond substituents is 1. The molecule has 2 fully saturated rings. The summed E-state index contributed by atoms with van der Waals surface area (Å²) in [6.45, 7) is 3.80. The normalized spacial score (nSPS) is 21.6. The molecule has 10 heteroatoms. The number of likely N-dealkylation sites (tertiary alicyclic amines) is 1. The van der Waals surface area contributed by atoms with E-state index in [1.807, 2.05) is 42.5 Å². The van der Waals surface area contributed by atoms with Crippen molar-refractivity contribution < 1.29 is 23.6 Å². The lowest BCUT2D eigenvalue weighted by Crippen LogP contribution is -2.42. The van der Waals surface area contributed by atoms with E-state index in [-0.39, 0.29) is 23.0 Å². The molecule has 4 aromatic rings. The van der Waals surface area contributed by atoms with Crippen LogP contribution in [0.15, 0.2) is 48.5 Å². The van der Waals surface area contributed by atoms with Gasteiger partial charge in [-0.05, 0) is 60.8 Å². The van der Waals surface area contributed by atoms with E-state index in [1.165, 1.54) is 0 Å². The predicted molar refractivity (Wildman–Crippen MR) is 172 cm³/mol. The van der Waals surface area contributed by atoms with Gasteiger partial charge in [0, 0.05) is 75.6 Å². The van der Waals surface area contributed by atoms with Gasteiger partial charge in [0.15, 0.2) is 11.5 Å². The molecule has 0 saturated carbocycles. The van der Waals surface area contributed by atoms with E-state index in [9.17, 15) is 14.1 Å². The van der Waals surface area contributed by atoms with Crippen LogP contribution in [0, 0.1) is 5.41 Å². The highest BCUT2D eigenvalue weighted by molar-refractivity contribution is 7.85. The SMILES string of the molecule is COc1cc2[nH]c(C(=O)N3C[C@@H](CCl)c4c3cc(O)c3ccccc43)cc2cc1OCCN1CCC2(CC1)CCS(=O)C2. The second kappa shape index (κ2) is 11.3. The minimum Gasteiger partial charge on any atom is -0.507 e. The van der Waals surface area contributed by atoms with Crippen molar-refractivity contribution in [1.29, 1.82) is 0 Å². The molecule has 2 N–H and O–H groups in total. The zero-order chi connectivity index (χ0) is 29.7. The molecule has 8 nitrogen and oxygen atoms in total. The number of alkyl halides is 1. The summed E-state index contributed by atoms with van der Waals surface area (Å²) in [5.41, 5.74) is 3.19. The number of amides is 1. The monoisotopic (exact) mass is 621 g/mol. The molecule has 1 spiro atoms. The molecule has 0 aliphatic carbocycles. The van der Waals surface area contributed by atoms with Crippen molar-refractivity contribution in [2.45, 2.75) is 25.2 Å². The Morgan fingerprint density at radius 3 is 2.63 bits per heavy atom. The quantitative estimate of drug-likeness (QED) is 0.260. The zero-order valence-corrected chi connectivity index (χ0v) is 25.8. The molecule has 1 aromatic heterocycles. The summed E-state index contributed by atoms with van der Waals surface area (Å²) in [7, 11) is 0.978. The van der Waals surface area contributed by atoms with Gasteiger partial charge in [0.25, 0.3) is 5.91 Å². The molecule has 3 aliphatic rings. The van der Waals surface area contributed by atoms with Gasteiger partial charge in [-0.15, -0.1) is 11.6 Å². The van der Waals surface area contributed by atoms with E-state index in [0.717, 1.165) is 77.6 Å². The molecule has 1 unspecified atom stereocenters. The third-order valence-electron chi connectivity index (χ3n) is 9.62. The van der Waals surface area contributed by atoms with Gasteiger partial charge in [0.05, 0.1) is 12.8 Å². The zero-order valence-electron chi connectivity index (χ0n) is 24.2. The fourth-order valence-corrected chi connectivity index (χ4v) is 9.34. The van der Waals surface area contributed by atoms with Crippen LogP contribution in [0.25, 0.3) is 21.7 Å². The minimum absolute atomic E-state index is 0.0387. The number of fused-ring (bicyclic) bond motifs is 4. The molecule has 43 heavy (non-hydrogen) atoms. The number of nitrogens with zero attached hydrogens (tertiary/aromatic N) is 2. The van der Waals surface area contributed by atoms with Crippen LogP contribution in [0.2, 0.25) is 0 Å². The third-order valence-corrected chi connectivity index (χ3v) is 11.6. The molecule has 0 bridgehead atoms.